The van der Waals surface area contributed by atoms with Gasteiger partial charge in [-0.2, -0.15) is 0 Å². The Bertz CT molecular complexity index is 1090. The molecule has 2 aromatic rings. The molecule has 5 atom stereocenters. The molecule has 1 aliphatic rings. The largest absolute Gasteiger partial charge is 0.395 e. The zero-order valence-corrected chi connectivity index (χ0v) is 23.2. The number of ether oxygens (including phenoxy) is 1. The third-order valence-electron chi connectivity index (χ3n) is 6.96. The lowest BCUT2D eigenvalue weighted by Crippen LogP contribution is -2.57. The molecule has 1 fully saturated rings. The molecule has 0 radical (unpaired) electrons. The molecule has 0 bridgehead atoms. The van der Waals surface area contributed by atoms with Crippen molar-refractivity contribution in [3.8, 4) is 0 Å². The number of nitrogens with one attached hydrogen (secondary N) is 1. The van der Waals surface area contributed by atoms with Crippen LogP contribution in [0.15, 0.2) is 66.7 Å². The molecule has 0 spiro atoms. The summed E-state index contributed by atoms with van der Waals surface area (Å²) in [5.74, 6) is -0.605. The first-order valence-electron chi connectivity index (χ1n) is 13.2. The van der Waals surface area contributed by atoms with Gasteiger partial charge in [-0.15, -0.1) is 0 Å². The van der Waals surface area contributed by atoms with E-state index in [0.717, 1.165) is 24.0 Å². The van der Waals surface area contributed by atoms with Gasteiger partial charge in [-0.1, -0.05) is 73.1 Å². The van der Waals surface area contributed by atoms with Gasteiger partial charge in [0, 0.05) is 17.0 Å². The summed E-state index contributed by atoms with van der Waals surface area (Å²) in [6.07, 6.45) is 5.69. The van der Waals surface area contributed by atoms with E-state index < -0.39 is 29.5 Å². The van der Waals surface area contributed by atoms with Gasteiger partial charge in [-0.3, -0.25) is 9.59 Å². The molecule has 0 saturated carbocycles. The van der Waals surface area contributed by atoms with Gasteiger partial charge in [0.15, 0.2) is 0 Å². The number of rotatable bonds is 12. The molecule has 1 saturated heterocycles. The smallest absolute Gasteiger partial charge is 0.248 e. The normalized spacial score (nSPS) is 19.6. The van der Waals surface area contributed by atoms with E-state index in [0.29, 0.717) is 24.6 Å². The van der Waals surface area contributed by atoms with E-state index >= 15 is 0 Å². The van der Waals surface area contributed by atoms with Crippen LogP contribution in [-0.2, 0) is 27.4 Å². The van der Waals surface area contributed by atoms with Crippen molar-refractivity contribution in [2.75, 3.05) is 13.2 Å². The molecule has 8 heteroatoms. The molecule has 7 nitrogen and oxygen atoms in total. The Morgan fingerprint density at radius 1 is 1.21 bits per heavy atom. The van der Waals surface area contributed by atoms with Gasteiger partial charge in [0.1, 0.15) is 6.04 Å². The average molecular weight is 542 g/mol. The lowest BCUT2D eigenvalue weighted by Gasteiger charge is -2.32. The van der Waals surface area contributed by atoms with Crippen LogP contribution in [0.1, 0.15) is 44.7 Å². The molecule has 4 unspecified atom stereocenters. The van der Waals surface area contributed by atoms with Crippen molar-refractivity contribution in [2.45, 2.75) is 70.9 Å². The summed E-state index contributed by atoms with van der Waals surface area (Å²) in [7, 11) is 0. The number of amides is 2. The fraction of sp³-hybridized carbons (Fsp3) is 0.467. The van der Waals surface area contributed by atoms with Crippen molar-refractivity contribution in [1.82, 2.24) is 10.2 Å². The number of hydrogen-bond acceptors (Lipinski definition) is 5. The summed E-state index contributed by atoms with van der Waals surface area (Å²) in [6.45, 7) is 6.21. The van der Waals surface area contributed by atoms with Gasteiger partial charge < -0.3 is 25.8 Å². The van der Waals surface area contributed by atoms with Gasteiger partial charge in [-0.25, -0.2) is 0 Å². The van der Waals surface area contributed by atoms with Crippen LogP contribution >= 0.6 is 11.6 Å². The van der Waals surface area contributed by atoms with Crippen molar-refractivity contribution in [2.24, 2.45) is 11.1 Å². The van der Waals surface area contributed by atoms with E-state index in [1.807, 2.05) is 73.7 Å². The molecule has 1 aliphatic heterocycles. The average Bonchev–Trinajstić information content (AvgIpc) is 3.38. The molecule has 38 heavy (non-hydrogen) atoms. The Morgan fingerprint density at radius 3 is 2.58 bits per heavy atom. The maximum absolute atomic E-state index is 13.8. The predicted molar refractivity (Wildman–Crippen MR) is 150 cm³/mol. The monoisotopic (exact) mass is 541 g/mol. The molecular formula is C30H40ClN3O4. The molecule has 0 aliphatic carbocycles. The highest BCUT2D eigenvalue weighted by Gasteiger charge is 2.37. The number of carbonyl (C=O) groups is 2. The second-order valence-corrected chi connectivity index (χ2v) is 10.9. The van der Waals surface area contributed by atoms with Crippen molar-refractivity contribution in [1.29, 1.82) is 0 Å². The second-order valence-electron chi connectivity index (χ2n) is 10.5. The number of halogens is 1. The Balaban J connectivity index is 1.74. The minimum absolute atomic E-state index is 0.0475. The minimum atomic E-state index is -0.873. The summed E-state index contributed by atoms with van der Waals surface area (Å²) in [5.41, 5.74) is 7.29. The van der Waals surface area contributed by atoms with Crippen LogP contribution in [0, 0.1) is 5.41 Å². The van der Waals surface area contributed by atoms with Crippen molar-refractivity contribution < 1.29 is 19.4 Å². The van der Waals surface area contributed by atoms with E-state index in [9.17, 15) is 14.7 Å². The standard InChI is InChI=1S/C30H40ClN3O4/c1-21(32)28(36)33-27(22(2)38-19-23-9-5-4-6-10-23)29(37)34-16-8-13-26(34)14-15-30(3,20-35)18-24-11-7-12-25(31)17-24/h4-7,9-12,14-15,17,21-22,26-27,35H,8,13,16,18-20,32H2,1-3H3,(H,33,36)/b15-14+/t21?,22?,26?,27?,30-/m0/s1. The highest BCUT2D eigenvalue weighted by atomic mass is 35.5. The number of likely N-dealkylation sites (tertiary alicyclic amines) is 1. The maximum Gasteiger partial charge on any atom is 0.248 e. The fourth-order valence-corrected chi connectivity index (χ4v) is 4.84. The zero-order valence-electron chi connectivity index (χ0n) is 22.5. The summed E-state index contributed by atoms with van der Waals surface area (Å²) < 4.78 is 6.03. The Hall–Kier alpha value is -2.71. The number of aliphatic hydroxyl groups excluding tert-OH is 1. The molecule has 1 heterocycles. The zero-order chi connectivity index (χ0) is 27.7. The Morgan fingerprint density at radius 2 is 1.92 bits per heavy atom. The van der Waals surface area contributed by atoms with Gasteiger partial charge in [0.2, 0.25) is 11.8 Å². The number of carbonyl (C=O) groups excluding carboxylic acids is 2. The summed E-state index contributed by atoms with van der Waals surface area (Å²) >= 11 is 6.15. The van der Waals surface area contributed by atoms with E-state index in [4.69, 9.17) is 22.1 Å². The van der Waals surface area contributed by atoms with E-state index in [1.165, 1.54) is 0 Å². The number of hydrogen-bond donors (Lipinski definition) is 3. The predicted octanol–water partition coefficient (Wildman–Crippen LogP) is 3.87. The van der Waals surface area contributed by atoms with Crippen molar-refractivity contribution >= 4 is 23.4 Å². The number of benzene rings is 2. The van der Waals surface area contributed by atoms with Crippen LogP contribution in [0.3, 0.4) is 0 Å². The number of nitrogens with zero attached hydrogens (tertiary/aromatic N) is 1. The van der Waals surface area contributed by atoms with Crippen LogP contribution in [0.25, 0.3) is 0 Å². The van der Waals surface area contributed by atoms with Crippen molar-refractivity contribution in [3.63, 3.8) is 0 Å². The summed E-state index contributed by atoms with van der Waals surface area (Å²) in [6, 6.07) is 15.5. The molecular weight excluding hydrogens is 502 g/mol. The molecule has 4 N–H and O–H groups in total. The first kappa shape index (κ1) is 29.8. The van der Waals surface area contributed by atoms with Gasteiger partial charge >= 0.3 is 0 Å². The summed E-state index contributed by atoms with van der Waals surface area (Å²) in [4.78, 5) is 28.1. The number of nitrogens with two attached hydrogens (primary N) is 1. The molecule has 2 aromatic carbocycles. The highest BCUT2D eigenvalue weighted by Crippen LogP contribution is 2.28. The van der Waals surface area contributed by atoms with Crippen LogP contribution in [0.5, 0.6) is 0 Å². The third kappa shape index (κ3) is 8.40. The Labute approximate surface area is 231 Å². The SMILES string of the molecule is CC(N)C(=O)NC(C(=O)N1CCCC1/C=C/[C@](C)(CO)Cc1cccc(Cl)c1)C(C)OCc1ccccc1. The molecule has 3 rings (SSSR count). The van der Waals surface area contributed by atoms with Gasteiger partial charge in [0.25, 0.3) is 0 Å². The van der Waals surface area contributed by atoms with E-state index in [2.05, 4.69) is 5.32 Å². The first-order chi connectivity index (χ1) is 18.1. The maximum atomic E-state index is 13.8. The third-order valence-corrected chi connectivity index (χ3v) is 7.20. The highest BCUT2D eigenvalue weighted by molar-refractivity contribution is 6.30. The minimum Gasteiger partial charge on any atom is -0.395 e. The topological polar surface area (TPSA) is 105 Å². The van der Waals surface area contributed by atoms with Gasteiger partial charge in [0.05, 0.1) is 31.4 Å². The van der Waals surface area contributed by atoms with Crippen LogP contribution in [0.2, 0.25) is 5.02 Å². The first-order valence-corrected chi connectivity index (χ1v) is 13.6. The second kappa shape index (κ2) is 13.9. The van der Waals surface area contributed by atoms with Crippen LogP contribution < -0.4 is 11.1 Å². The molecule has 206 valence electrons. The van der Waals surface area contributed by atoms with E-state index in [-0.39, 0.29) is 18.6 Å². The number of aliphatic hydroxyl groups is 1. The quantitative estimate of drug-likeness (QED) is 0.354. The molecule has 2 amide bonds. The lowest BCUT2D eigenvalue weighted by molar-refractivity contribution is -0.141. The van der Waals surface area contributed by atoms with Gasteiger partial charge in [-0.05, 0) is 56.4 Å². The lowest BCUT2D eigenvalue weighted by atomic mass is 9.83. The summed E-state index contributed by atoms with van der Waals surface area (Å²) in [5, 5.41) is 13.7. The van der Waals surface area contributed by atoms with Crippen molar-refractivity contribution in [3.05, 3.63) is 82.9 Å². The fourth-order valence-electron chi connectivity index (χ4n) is 4.63. The van der Waals surface area contributed by atoms with E-state index in [1.54, 1.807) is 18.7 Å². The van der Waals surface area contributed by atoms with Crippen LogP contribution in [-0.4, -0.2) is 59.2 Å². The van der Waals surface area contributed by atoms with Crippen LogP contribution in [0.4, 0.5) is 0 Å². The molecule has 0 aromatic heterocycles. The Kier molecular flexibility index (Phi) is 10.9.